The van der Waals surface area contributed by atoms with Crippen LogP contribution in [0.15, 0.2) is 18.2 Å². The number of aryl methyl sites for hydroxylation is 1. The van der Waals surface area contributed by atoms with Crippen LogP contribution in [0.1, 0.15) is 18.4 Å². The number of nitrogens with zero attached hydrogens (tertiary/aromatic N) is 1. The number of carbonyl (C=O) groups excluding carboxylic acids is 1. The maximum Gasteiger partial charge on any atom is 0.311 e. The molecule has 4 N–H and O–H groups in total. The Morgan fingerprint density at radius 1 is 1.50 bits per heavy atom. The minimum absolute atomic E-state index is 0.00729. The van der Waals surface area contributed by atoms with Crippen molar-refractivity contribution < 1.29 is 24.5 Å². The van der Waals surface area contributed by atoms with Gasteiger partial charge >= 0.3 is 5.69 Å². The molecule has 0 aliphatic carbocycles. The number of hydrogen-bond acceptors (Lipinski definition) is 5. The Balaban J connectivity index is 1.83. The zero-order valence-electron chi connectivity index (χ0n) is 13.7. The minimum Gasteiger partial charge on any atom is -0.484 e. The number of carbonyl (C=O) groups is 1. The van der Waals surface area contributed by atoms with Gasteiger partial charge in [0.2, 0.25) is 5.91 Å². The van der Waals surface area contributed by atoms with Crippen LogP contribution in [0, 0.1) is 23.0 Å². The van der Waals surface area contributed by atoms with Crippen molar-refractivity contribution in [2.45, 2.75) is 25.9 Å². The highest BCUT2D eigenvalue weighted by Crippen LogP contribution is 2.27. The molecule has 1 heterocycles. The molecule has 2 rings (SSSR count). The van der Waals surface area contributed by atoms with Crippen LogP contribution in [-0.2, 0) is 4.79 Å². The van der Waals surface area contributed by atoms with E-state index in [1.54, 1.807) is 19.1 Å². The number of hydrogen-bond donors (Lipinski definition) is 3. The average Bonchev–Trinajstić information content (AvgIpc) is 2.54. The molecular formula is C16H24N3O5+. The molecule has 1 aliphatic rings. The van der Waals surface area contributed by atoms with E-state index in [4.69, 9.17) is 10.5 Å². The second-order valence-electron chi connectivity index (χ2n) is 6.32. The molecule has 24 heavy (non-hydrogen) atoms. The van der Waals surface area contributed by atoms with Crippen LogP contribution in [-0.4, -0.2) is 48.3 Å². The number of amides is 1. The van der Waals surface area contributed by atoms with E-state index in [9.17, 15) is 20.0 Å². The van der Waals surface area contributed by atoms with Crippen LogP contribution < -0.4 is 15.4 Å². The maximum atomic E-state index is 11.1. The van der Waals surface area contributed by atoms with E-state index in [-0.39, 0.29) is 29.9 Å². The summed E-state index contributed by atoms with van der Waals surface area (Å²) in [6.07, 6.45) is 0.717. The van der Waals surface area contributed by atoms with Crippen molar-refractivity contribution in [3.8, 4) is 5.75 Å². The molecule has 0 radical (unpaired) electrons. The summed E-state index contributed by atoms with van der Waals surface area (Å²) in [5.74, 6) is -0.172. The quantitative estimate of drug-likeness (QED) is 0.454. The van der Waals surface area contributed by atoms with Gasteiger partial charge in [0, 0.05) is 24.8 Å². The van der Waals surface area contributed by atoms with E-state index < -0.39 is 11.0 Å². The Morgan fingerprint density at radius 3 is 2.75 bits per heavy atom. The van der Waals surface area contributed by atoms with Crippen molar-refractivity contribution in [1.82, 2.24) is 0 Å². The van der Waals surface area contributed by atoms with Crippen molar-refractivity contribution in [3.63, 3.8) is 0 Å². The summed E-state index contributed by atoms with van der Waals surface area (Å²) in [4.78, 5) is 22.9. The standard InChI is InChI=1S/C16H23N3O5/c1-11-2-3-15(14(8-11)19(22)23)24-10-13(20)9-18-6-4-12(5-7-18)16(17)21/h2-3,8,12-13,20H,4-7,9-10H2,1H3,(H2,17,21)/p+1/t13-/m1/s1. The average molecular weight is 338 g/mol. The van der Waals surface area contributed by atoms with E-state index in [0.29, 0.717) is 6.54 Å². The first-order valence-electron chi connectivity index (χ1n) is 8.05. The van der Waals surface area contributed by atoms with Crippen LogP contribution in [0.3, 0.4) is 0 Å². The van der Waals surface area contributed by atoms with Gasteiger partial charge < -0.3 is 20.5 Å². The summed E-state index contributed by atoms with van der Waals surface area (Å²) < 4.78 is 5.44. The highest BCUT2D eigenvalue weighted by Gasteiger charge is 2.27. The Bertz CT molecular complexity index is 599. The van der Waals surface area contributed by atoms with Gasteiger partial charge in [0.15, 0.2) is 5.75 Å². The number of benzene rings is 1. The van der Waals surface area contributed by atoms with Gasteiger partial charge in [0.1, 0.15) is 19.3 Å². The van der Waals surface area contributed by atoms with Crippen molar-refractivity contribution >= 4 is 11.6 Å². The molecular weight excluding hydrogens is 314 g/mol. The number of piperidine rings is 1. The molecule has 132 valence electrons. The van der Waals surface area contributed by atoms with Gasteiger partial charge in [-0.3, -0.25) is 14.9 Å². The second-order valence-corrected chi connectivity index (χ2v) is 6.32. The van der Waals surface area contributed by atoms with Gasteiger partial charge in [-0.15, -0.1) is 0 Å². The lowest BCUT2D eigenvalue weighted by molar-refractivity contribution is -0.908. The summed E-state index contributed by atoms with van der Waals surface area (Å²) >= 11 is 0. The van der Waals surface area contributed by atoms with Crippen molar-refractivity contribution in [2.75, 3.05) is 26.2 Å². The summed E-state index contributed by atoms with van der Waals surface area (Å²) in [6.45, 7) is 3.78. The van der Waals surface area contributed by atoms with Crippen LogP contribution in [0.5, 0.6) is 5.75 Å². The maximum absolute atomic E-state index is 11.1. The second kappa shape index (κ2) is 8.07. The minimum atomic E-state index is -0.731. The molecule has 8 heteroatoms. The molecule has 1 aromatic carbocycles. The molecule has 1 saturated heterocycles. The fraction of sp³-hybridized carbons (Fsp3) is 0.562. The van der Waals surface area contributed by atoms with Crippen molar-refractivity contribution in [1.29, 1.82) is 0 Å². The fourth-order valence-corrected chi connectivity index (χ4v) is 2.98. The van der Waals surface area contributed by atoms with Gasteiger partial charge in [0.05, 0.1) is 18.0 Å². The highest BCUT2D eigenvalue weighted by molar-refractivity contribution is 5.76. The SMILES string of the molecule is Cc1ccc(OC[C@H](O)C[NH+]2CCC(C(N)=O)CC2)c([N+](=O)[O-])c1. The Hall–Kier alpha value is -2.19. The monoisotopic (exact) mass is 338 g/mol. The number of nitro benzene ring substituents is 1. The first kappa shape index (κ1) is 18.2. The molecule has 0 unspecified atom stereocenters. The third-order valence-electron chi connectivity index (χ3n) is 4.36. The summed E-state index contributed by atoms with van der Waals surface area (Å²) in [6, 6.07) is 4.72. The molecule has 0 bridgehead atoms. The number of likely N-dealkylation sites (tertiary alicyclic amines) is 1. The number of primary amides is 1. The predicted molar refractivity (Wildman–Crippen MR) is 86.8 cm³/mol. The number of aliphatic hydroxyl groups excluding tert-OH is 1. The molecule has 1 aliphatic heterocycles. The van der Waals surface area contributed by atoms with Crippen molar-refractivity contribution in [2.24, 2.45) is 11.7 Å². The van der Waals surface area contributed by atoms with Gasteiger partial charge in [-0.05, 0) is 18.6 Å². The smallest absolute Gasteiger partial charge is 0.311 e. The van der Waals surface area contributed by atoms with Gasteiger partial charge in [-0.25, -0.2) is 0 Å². The van der Waals surface area contributed by atoms with E-state index in [1.165, 1.54) is 11.0 Å². The molecule has 0 spiro atoms. The highest BCUT2D eigenvalue weighted by atomic mass is 16.6. The number of nitrogens with two attached hydrogens (primary N) is 1. The van der Waals surface area contributed by atoms with E-state index in [2.05, 4.69) is 0 Å². The third kappa shape index (κ3) is 4.90. The first-order valence-corrected chi connectivity index (χ1v) is 8.05. The fourth-order valence-electron chi connectivity index (χ4n) is 2.98. The van der Waals surface area contributed by atoms with Crippen LogP contribution in [0.25, 0.3) is 0 Å². The number of aliphatic hydroxyl groups is 1. The van der Waals surface area contributed by atoms with Gasteiger partial charge in [-0.1, -0.05) is 6.07 Å². The molecule has 1 aromatic rings. The third-order valence-corrected chi connectivity index (χ3v) is 4.36. The number of quaternary nitrogens is 1. The molecule has 1 atom stereocenters. The zero-order chi connectivity index (χ0) is 17.7. The number of ether oxygens (including phenoxy) is 1. The zero-order valence-corrected chi connectivity index (χ0v) is 13.7. The lowest BCUT2D eigenvalue weighted by Crippen LogP contribution is -3.14. The molecule has 8 nitrogen and oxygen atoms in total. The lowest BCUT2D eigenvalue weighted by atomic mass is 9.96. The number of rotatable bonds is 7. The predicted octanol–water partition coefficient (Wildman–Crippen LogP) is -0.577. The molecule has 0 saturated carbocycles. The summed E-state index contributed by atoms with van der Waals surface area (Å²) in [5, 5.41) is 21.2. The summed E-state index contributed by atoms with van der Waals surface area (Å²) in [5.41, 5.74) is 5.98. The van der Waals surface area contributed by atoms with Gasteiger partial charge in [0.25, 0.3) is 0 Å². The van der Waals surface area contributed by atoms with Crippen molar-refractivity contribution in [3.05, 3.63) is 33.9 Å². The Kier molecular flexibility index (Phi) is 6.10. The topological polar surface area (TPSA) is 120 Å². The number of nitrogens with one attached hydrogen (secondary N) is 1. The summed E-state index contributed by atoms with van der Waals surface area (Å²) in [7, 11) is 0. The lowest BCUT2D eigenvalue weighted by Gasteiger charge is -2.29. The Labute approximate surface area is 140 Å². The van der Waals surface area contributed by atoms with E-state index in [0.717, 1.165) is 31.5 Å². The number of nitro groups is 1. The molecule has 1 fully saturated rings. The van der Waals surface area contributed by atoms with Gasteiger partial charge in [-0.2, -0.15) is 0 Å². The Morgan fingerprint density at radius 2 is 2.17 bits per heavy atom. The van der Waals surface area contributed by atoms with E-state index in [1.807, 2.05) is 0 Å². The van der Waals surface area contributed by atoms with E-state index >= 15 is 0 Å². The molecule has 0 aromatic heterocycles. The first-order chi connectivity index (χ1) is 11.4. The van der Waals surface area contributed by atoms with Crippen LogP contribution in [0.4, 0.5) is 5.69 Å². The van der Waals surface area contributed by atoms with Crippen LogP contribution in [0.2, 0.25) is 0 Å². The van der Waals surface area contributed by atoms with Crippen LogP contribution >= 0.6 is 0 Å². The molecule has 1 amide bonds. The largest absolute Gasteiger partial charge is 0.484 e. The normalized spacial score (nSPS) is 21.9.